The quantitative estimate of drug-likeness (QED) is 0.569. The van der Waals surface area contributed by atoms with Crippen LogP contribution in [-0.4, -0.2) is 46.2 Å². The van der Waals surface area contributed by atoms with Gasteiger partial charge in [0.2, 0.25) is 5.79 Å². The standard InChI is InChI=1S/C22H34O5/c1-6-25-18-20-10-9-16-8-7-14(2)11-17(23)12-15(3)13-21(24,26-18)22(20,27-20)19(16,4)5/h12,16-18,23-24H,2,6-11,13H2,1,3-5H3/b15-12+/t16-,17+,18+,20-,21-,22-/m1/s1. The zero-order valence-corrected chi connectivity index (χ0v) is 17.1. The van der Waals surface area contributed by atoms with Crippen LogP contribution < -0.4 is 0 Å². The molecule has 0 aromatic carbocycles. The van der Waals surface area contributed by atoms with Gasteiger partial charge in [0.1, 0.15) is 0 Å². The van der Waals surface area contributed by atoms with Gasteiger partial charge in [-0.15, -0.1) is 0 Å². The van der Waals surface area contributed by atoms with Gasteiger partial charge >= 0.3 is 0 Å². The highest BCUT2D eigenvalue weighted by atomic mass is 16.8. The maximum atomic E-state index is 11.8. The van der Waals surface area contributed by atoms with Gasteiger partial charge in [-0.05, 0) is 51.9 Å². The molecule has 2 N–H and O–H groups in total. The lowest BCUT2D eigenvalue weighted by molar-refractivity contribution is -0.316. The summed E-state index contributed by atoms with van der Waals surface area (Å²) < 4.78 is 18.6. The molecule has 1 spiro atoms. The summed E-state index contributed by atoms with van der Waals surface area (Å²) in [6.07, 6.45) is 5.28. The van der Waals surface area contributed by atoms with Crippen molar-refractivity contribution in [1.82, 2.24) is 0 Å². The van der Waals surface area contributed by atoms with Crippen LogP contribution in [0.1, 0.15) is 66.2 Å². The summed E-state index contributed by atoms with van der Waals surface area (Å²) in [6, 6.07) is 0. The lowest BCUT2D eigenvalue weighted by atomic mass is 9.54. The molecular weight excluding hydrogens is 344 g/mol. The fourth-order valence-corrected chi connectivity index (χ4v) is 6.38. The van der Waals surface area contributed by atoms with Crippen LogP contribution in [0.3, 0.4) is 0 Å². The minimum atomic E-state index is -1.45. The van der Waals surface area contributed by atoms with Gasteiger partial charge < -0.3 is 24.4 Å². The monoisotopic (exact) mass is 378 g/mol. The second-order valence-corrected chi connectivity index (χ2v) is 9.57. The van der Waals surface area contributed by atoms with Crippen molar-refractivity contribution in [2.24, 2.45) is 11.3 Å². The van der Waals surface area contributed by atoms with Crippen molar-refractivity contribution < 1.29 is 24.4 Å². The Morgan fingerprint density at radius 1 is 1.33 bits per heavy atom. The molecular formula is C22H34O5. The first-order valence-corrected chi connectivity index (χ1v) is 10.4. The summed E-state index contributed by atoms with van der Waals surface area (Å²) in [5.74, 6) is -1.06. The summed E-state index contributed by atoms with van der Waals surface area (Å²) >= 11 is 0. The fourth-order valence-electron chi connectivity index (χ4n) is 6.38. The maximum Gasteiger partial charge on any atom is 0.205 e. The molecule has 1 saturated carbocycles. The number of rotatable bonds is 2. The van der Waals surface area contributed by atoms with Gasteiger partial charge in [-0.2, -0.15) is 0 Å². The Morgan fingerprint density at radius 3 is 2.78 bits per heavy atom. The van der Waals surface area contributed by atoms with E-state index in [1.165, 1.54) is 0 Å². The van der Waals surface area contributed by atoms with Crippen molar-refractivity contribution in [2.45, 2.75) is 95.6 Å². The van der Waals surface area contributed by atoms with Crippen LogP contribution in [-0.2, 0) is 14.2 Å². The summed E-state index contributed by atoms with van der Waals surface area (Å²) in [5, 5.41) is 22.2. The Hall–Kier alpha value is -0.720. The fraction of sp³-hybridized carbons (Fsp3) is 0.818. The number of fused-ring (bicyclic) bond motifs is 1. The van der Waals surface area contributed by atoms with E-state index in [1.807, 2.05) is 19.9 Å². The van der Waals surface area contributed by atoms with Gasteiger partial charge in [-0.1, -0.05) is 37.6 Å². The first-order valence-electron chi connectivity index (χ1n) is 10.4. The van der Waals surface area contributed by atoms with E-state index in [4.69, 9.17) is 14.2 Å². The van der Waals surface area contributed by atoms with Crippen LogP contribution >= 0.6 is 0 Å². The van der Waals surface area contributed by atoms with Gasteiger partial charge in [0.05, 0.1) is 6.10 Å². The zero-order chi connectivity index (χ0) is 19.7. The van der Waals surface area contributed by atoms with Gasteiger partial charge in [-0.25, -0.2) is 0 Å². The summed E-state index contributed by atoms with van der Waals surface area (Å²) in [7, 11) is 0. The molecule has 6 atom stereocenters. The summed E-state index contributed by atoms with van der Waals surface area (Å²) in [6.45, 7) is 13.0. The predicted molar refractivity (Wildman–Crippen MR) is 102 cm³/mol. The number of aliphatic hydroxyl groups excluding tert-OH is 1. The average Bonchev–Trinajstić information content (AvgIpc) is 3.22. The molecule has 4 aliphatic rings. The highest BCUT2D eigenvalue weighted by Gasteiger charge is 2.93. The van der Waals surface area contributed by atoms with Crippen molar-refractivity contribution in [3.63, 3.8) is 0 Å². The molecule has 2 aliphatic heterocycles. The highest BCUT2D eigenvalue weighted by molar-refractivity contribution is 5.37. The first-order chi connectivity index (χ1) is 12.6. The number of epoxide rings is 1. The Morgan fingerprint density at radius 2 is 2.07 bits per heavy atom. The molecule has 0 amide bonds. The van der Waals surface area contributed by atoms with Crippen molar-refractivity contribution in [3.8, 4) is 0 Å². The molecule has 2 bridgehead atoms. The molecule has 27 heavy (non-hydrogen) atoms. The van der Waals surface area contributed by atoms with Crippen molar-refractivity contribution in [3.05, 3.63) is 23.8 Å². The van der Waals surface area contributed by atoms with Crippen LogP contribution in [0.15, 0.2) is 23.8 Å². The Kier molecular flexibility index (Phi) is 4.45. The maximum absolute atomic E-state index is 11.8. The minimum absolute atomic E-state index is 0.260. The van der Waals surface area contributed by atoms with Gasteiger partial charge in [0.15, 0.2) is 17.5 Å². The predicted octanol–water partition coefficient (Wildman–Crippen LogP) is 3.45. The molecule has 152 valence electrons. The van der Waals surface area contributed by atoms with Crippen molar-refractivity contribution >= 4 is 0 Å². The summed E-state index contributed by atoms with van der Waals surface area (Å²) in [5.41, 5.74) is 0.365. The van der Waals surface area contributed by atoms with E-state index in [1.54, 1.807) is 0 Å². The third kappa shape index (κ3) is 2.48. The summed E-state index contributed by atoms with van der Waals surface area (Å²) in [4.78, 5) is 0. The molecule has 5 nitrogen and oxygen atoms in total. The normalized spacial score (nSPS) is 50.8. The molecule has 2 aliphatic carbocycles. The Labute approximate surface area is 162 Å². The van der Waals surface area contributed by atoms with E-state index in [0.29, 0.717) is 25.4 Å². The van der Waals surface area contributed by atoms with E-state index < -0.39 is 29.4 Å². The van der Waals surface area contributed by atoms with Crippen LogP contribution in [0.4, 0.5) is 0 Å². The topological polar surface area (TPSA) is 71.5 Å². The van der Waals surface area contributed by atoms with Gasteiger partial charge in [-0.3, -0.25) is 0 Å². The third-order valence-electron chi connectivity index (χ3n) is 7.57. The van der Waals surface area contributed by atoms with Crippen LogP contribution in [0, 0.1) is 11.3 Å². The Balaban J connectivity index is 1.80. The SMILES string of the molecule is C=C1CC[C@@H]2CC[C@]34O[C@@]3(C2(C)C)[C@@](O)(C/C(C)=C/[C@@H](O)C1)O[C@@H]4OCC. The number of hydrogen-bond acceptors (Lipinski definition) is 5. The lowest BCUT2D eigenvalue weighted by Gasteiger charge is -2.47. The molecule has 2 heterocycles. The van der Waals surface area contributed by atoms with E-state index in [2.05, 4.69) is 20.4 Å². The minimum Gasteiger partial charge on any atom is -0.389 e. The second-order valence-electron chi connectivity index (χ2n) is 9.57. The zero-order valence-electron chi connectivity index (χ0n) is 17.1. The van der Waals surface area contributed by atoms with E-state index in [-0.39, 0.29) is 5.41 Å². The number of hydrogen-bond donors (Lipinski definition) is 2. The molecule has 0 aromatic rings. The van der Waals surface area contributed by atoms with Crippen molar-refractivity contribution in [2.75, 3.05) is 6.61 Å². The second kappa shape index (κ2) is 6.14. The molecule has 4 rings (SSSR count). The number of aliphatic hydroxyl groups is 2. The molecule has 2 saturated heterocycles. The van der Waals surface area contributed by atoms with Gasteiger partial charge in [0.25, 0.3) is 0 Å². The van der Waals surface area contributed by atoms with Crippen molar-refractivity contribution in [1.29, 1.82) is 0 Å². The largest absolute Gasteiger partial charge is 0.389 e. The molecule has 0 unspecified atom stereocenters. The van der Waals surface area contributed by atoms with E-state index >= 15 is 0 Å². The smallest absolute Gasteiger partial charge is 0.205 e. The van der Waals surface area contributed by atoms with Crippen LogP contribution in [0.2, 0.25) is 0 Å². The van der Waals surface area contributed by atoms with E-state index in [9.17, 15) is 10.2 Å². The van der Waals surface area contributed by atoms with E-state index in [0.717, 1.165) is 36.8 Å². The molecule has 0 aromatic heterocycles. The highest BCUT2D eigenvalue weighted by Crippen LogP contribution is 2.77. The molecule has 3 fully saturated rings. The van der Waals surface area contributed by atoms with Gasteiger partial charge in [0, 0.05) is 18.4 Å². The average molecular weight is 379 g/mol. The van der Waals surface area contributed by atoms with Crippen LogP contribution in [0.5, 0.6) is 0 Å². The Bertz CT molecular complexity index is 670. The molecule has 0 radical (unpaired) electrons. The molecule has 5 heteroatoms. The first kappa shape index (κ1) is 19.6. The third-order valence-corrected chi connectivity index (χ3v) is 7.57. The number of ether oxygens (including phenoxy) is 3. The van der Waals surface area contributed by atoms with Crippen LogP contribution in [0.25, 0.3) is 0 Å². The lowest BCUT2D eigenvalue weighted by Crippen LogP contribution is -2.59.